The first-order valence-electron chi connectivity index (χ1n) is 9.63. The Labute approximate surface area is 205 Å². The highest BCUT2D eigenvalue weighted by atomic mass is 79.9. The van der Waals surface area contributed by atoms with Gasteiger partial charge in [0.1, 0.15) is 24.0 Å². The summed E-state index contributed by atoms with van der Waals surface area (Å²) >= 11 is 15.5. The van der Waals surface area contributed by atoms with Crippen molar-refractivity contribution in [3.63, 3.8) is 0 Å². The number of nitrogens with zero attached hydrogens (tertiary/aromatic N) is 1. The molecule has 1 N–H and O–H groups in total. The van der Waals surface area contributed by atoms with E-state index in [1.165, 1.54) is 6.08 Å². The Morgan fingerprint density at radius 1 is 1.06 bits per heavy atom. The van der Waals surface area contributed by atoms with Crippen LogP contribution in [0.1, 0.15) is 22.3 Å². The molecule has 1 amide bonds. The second-order valence-electron chi connectivity index (χ2n) is 7.14. The van der Waals surface area contributed by atoms with Crippen molar-refractivity contribution < 1.29 is 9.53 Å². The van der Waals surface area contributed by atoms with Gasteiger partial charge in [-0.05, 0) is 79.1 Å². The van der Waals surface area contributed by atoms with Gasteiger partial charge < -0.3 is 10.1 Å². The minimum Gasteiger partial charge on any atom is -0.488 e. The second-order valence-corrected chi connectivity index (χ2v) is 8.87. The summed E-state index contributed by atoms with van der Waals surface area (Å²) in [6, 6.07) is 18.2. The highest BCUT2D eigenvalue weighted by molar-refractivity contribution is 9.10. The number of carbonyl (C=O) groups is 1. The molecule has 0 spiro atoms. The van der Waals surface area contributed by atoms with Gasteiger partial charge in [-0.15, -0.1) is 0 Å². The largest absolute Gasteiger partial charge is 0.488 e. The molecule has 3 rings (SSSR count). The predicted molar refractivity (Wildman–Crippen MR) is 133 cm³/mol. The van der Waals surface area contributed by atoms with Crippen LogP contribution in [-0.2, 0) is 11.4 Å². The van der Waals surface area contributed by atoms with E-state index in [4.69, 9.17) is 27.9 Å². The number of amides is 1. The molecule has 0 unspecified atom stereocenters. The number of benzene rings is 3. The second kappa shape index (κ2) is 10.7. The number of carbonyl (C=O) groups excluding carboxylic acids is 1. The molecule has 0 aliphatic carbocycles. The molecule has 4 nitrogen and oxygen atoms in total. The molecule has 0 aromatic heterocycles. The van der Waals surface area contributed by atoms with E-state index in [0.29, 0.717) is 27.0 Å². The molecule has 0 heterocycles. The van der Waals surface area contributed by atoms with E-state index in [9.17, 15) is 10.1 Å². The molecule has 0 fully saturated rings. The smallest absolute Gasteiger partial charge is 0.266 e. The number of nitrogens with one attached hydrogen (secondary N) is 1. The molecule has 7 heteroatoms. The van der Waals surface area contributed by atoms with E-state index in [0.717, 1.165) is 21.2 Å². The van der Waals surface area contributed by atoms with Crippen LogP contribution >= 0.6 is 39.1 Å². The van der Waals surface area contributed by atoms with E-state index in [1.54, 1.807) is 30.3 Å². The third-order valence-corrected chi connectivity index (χ3v) is 6.01. The normalized spacial score (nSPS) is 11.1. The first-order valence-corrected chi connectivity index (χ1v) is 11.2. The third-order valence-electron chi connectivity index (χ3n) is 4.78. The summed E-state index contributed by atoms with van der Waals surface area (Å²) in [5.74, 6) is 0.0252. The van der Waals surface area contributed by atoms with Gasteiger partial charge in [0.2, 0.25) is 0 Å². The van der Waals surface area contributed by atoms with Gasteiger partial charge in [-0.3, -0.25) is 4.79 Å². The van der Waals surface area contributed by atoms with E-state index < -0.39 is 5.91 Å². The van der Waals surface area contributed by atoms with Crippen LogP contribution in [0.5, 0.6) is 5.75 Å². The Bertz CT molecular complexity index is 1250. The summed E-state index contributed by atoms with van der Waals surface area (Å²) in [5, 5.41) is 13.3. The van der Waals surface area contributed by atoms with Crippen LogP contribution in [0.25, 0.3) is 6.08 Å². The van der Waals surface area contributed by atoms with Crippen molar-refractivity contribution in [3.05, 3.63) is 96.9 Å². The van der Waals surface area contributed by atoms with E-state index in [-0.39, 0.29) is 12.2 Å². The lowest BCUT2D eigenvalue weighted by Crippen LogP contribution is -2.13. The van der Waals surface area contributed by atoms with Gasteiger partial charge in [0.15, 0.2) is 0 Å². The van der Waals surface area contributed by atoms with Gasteiger partial charge in [-0.2, -0.15) is 5.26 Å². The Hall–Kier alpha value is -2.78. The molecule has 0 atom stereocenters. The standard InChI is InChI=1S/C25H19BrCl2N2O2/c1-15-3-6-21(9-16(15)2)30-25(31)19(13-29)11-18-12-20(26)5-8-24(18)32-14-17-4-7-22(27)23(28)10-17/h3-12H,14H2,1-2H3,(H,30,31). The van der Waals surface area contributed by atoms with Crippen molar-refractivity contribution >= 4 is 56.8 Å². The number of hydrogen-bond donors (Lipinski definition) is 1. The third kappa shape index (κ3) is 6.14. The molecular formula is C25H19BrCl2N2O2. The maximum Gasteiger partial charge on any atom is 0.266 e. The van der Waals surface area contributed by atoms with Crippen molar-refractivity contribution in [2.75, 3.05) is 5.32 Å². The zero-order valence-corrected chi connectivity index (χ0v) is 20.5. The van der Waals surface area contributed by atoms with Crippen LogP contribution in [-0.4, -0.2) is 5.91 Å². The van der Waals surface area contributed by atoms with Crippen LogP contribution < -0.4 is 10.1 Å². The lowest BCUT2D eigenvalue weighted by Gasteiger charge is -2.11. The number of anilines is 1. The Kier molecular flexibility index (Phi) is 7.98. The molecule has 0 saturated heterocycles. The minimum absolute atomic E-state index is 0.0410. The van der Waals surface area contributed by atoms with Gasteiger partial charge in [0, 0.05) is 15.7 Å². The minimum atomic E-state index is -0.494. The quantitative estimate of drug-likeness (QED) is 0.265. The fourth-order valence-corrected chi connectivity index (χ4v) is 3.58. The van der Waals surface area contributed by atoms with Crippen LogP contribution in [0.3, 0.4) is 0 Å². The number of ether oxygens (including phenoxy) is 1. The summed E-state index contributed by atoms with van der Waals surface area (Å²) < 4.78 is 6.73. The Morgan fingerprint density at radius 3 is 2.53 bits per heavy atom. The van der Waals surface area contributed by atoms with E-state index in [1.807, 2.05) is 44.2 Å². The molecule has 0 aliphatic heterocycles. The van der Waals surface area contributed by atoms with Gasteiger partial charge >= 0.3 is 0 Å². The lowest BCUT2D eigenvalue weighted by atomic mass is 10.1. The van der Waals surface area contributed by atoms with Crippen molar-refractivity contribution in [1.29, 1.82) is 5.26 Å². The molecule has 0 bridgehead atoms. The van der Waals surface area contributed by atoms with Crippen molar-refractivity contribution in [1.82, 2.24) is 0 Å². The molecule has 0 radical (unpaired) electrons. The first kappa shape index (κ1) is 23.9. The molecule has 162 valence electrons. The van der Waals surface area contributed by atoms with Crippen molar-refractivity contribution in [2.24, 2.45) is 0 Å². The lowest BCUT2D eigenvalue weighted by molar-refractivity contribution is -0.112. The maximum atomic E-state index is 12.7. The van der Waals surface area contributed by atoms with Crippen LogP contribution in [0.2, 0.25) is 10.0 Å². The van der Waals surface area contributed by atoms with Gasteiger partial charge in [-0.1, -0.05) is 51.3 Å². The average Bonchev–Trinajstić information content (AvgIpc) is 2.76. The summed E-state index contributed by atoms with van der Waals surface area (Å²) in [6.07, 6.45) is 1.51. The molecule has 0 aliphatic rings. The summed E-state index contributed by atoms with van der Waals surface area (Å²) in [6.45, 7) is 4.20. The topological polar surface area (TPSA) is 62.1 Å². The number of nitriles is 1. The molecule has 0 saturated carbocycles. The molecule has 32 heavy (non-hydrogen) atoms. The summed E-state index contributed by atoms with van der Waals surface area (Å²) in [5.41, 5.74) is 4.19. The van der Waals surface area contributed by atoms with Gasteiger partial charge in [-0.25, -0.2) is 0 Å². The first-order chi connectivity index (χ1) is 15.3. The summed E-state index contributed by atoms with van der Waals surface area (Å²) in [4.78, 5) is 12.7. The molecular weight excluding hydrogens is 511 g/mol. The van der Waals surface area contributed by atoms with Gasteiger partial charge in [0.25, 0.3) is 5.91 Å². The van der Waals surface area contributed by atoms with Crippen LogP contribution in [0.15, 0.2) is 64.6 Å². The highest BCUT2D eigenvalue weighted by Crippen LogP contribution is 2.28. The Balaban J connectivity index is 1.83. The SMILES string of the molecule is Cc1ccc(NC(=O)C(C#N)=Cc2cc(Br)ccc2OCc2ccc(Cl)c(Cl)c2)cc1C. The average molecular weight is 530 g/mol. The van der Waals surface area contributed by atoms with E-state index >= 15 is 0 Å². The number of aryl methyl sites for hydroxylation is 2. The molecule has 3 aromatic rings. The number of rotatable bonds is 6. The maximum absolute atomic E-state index is 12.7. The predicted octanol–water partition coefficient (Wildman–Crippen LogP) is 7.50. The monoisotopic (exact) mass is 528 g/mol. The number of halogens is 3. The fourth-order valence-electron chi connectivity index (χ4n) is 2.88. The summed E-state index contributed by atoms with van der Waals surface area (Å²) in [7, 11) is 0. The van der Waals surface area contributed by atoms with Crippen molar-refractivity contribution in [2.45, 2.75) is 20.5 Å². The van der Waals surface area contributed by atoms with Gasteiger partial charge in [0.05, 0.1) is 10.0 Å². The highest BCUT2D eigenvalue weighted by Gasteiger charge is 2.13. The van der Waals surface area contributed by atoms with E-state index in [2.05, 4.69) is 21.2 Å². The number of hydrogen-bond acceptors (Lipinski definition) is 3. The van der Waals surface area contributed by atoms with Crippen molar-refractivity contribution in [3.8, 4) is 11.8 Å². The fraction of sp³-hybridized carbons (Fsp3) is 0.120. The van der Waals surface area contributed by atoms with Crippen LogP contribution in [0, 0.1) is 25.2 Å². The Morgan fingerprint density at radius 2 is 1.84 bits per heavy atom. The molecule has 3 aromatic carbocycles. The zero-order valence-electron chi connectivity index (χ0n) is 17.4. The van der Waals surface area contributed by atoms with Crippen LogP contribution in [0.4, 0.5) is 5.69 Å². The zero-order chi connectivity index (χ0) is 23.3.